The average Bonchev–Trinajstić information content (AvgIpc) is 3.20. The minimum Gasteiger partial charge on any atom is -0.444 e. The predicted molar refractivity (Wildman–Crippen MR) is 136 cm³/mol. The molecule has 35 heavy (non-hydrogen) atoms. The van der Waals surface area contributed by atoms with Gasteiger partial charge in [0.25, 0.3) is 0 Å². The molecule has 0 radical (unpaired) electrons. The summed E-state index contributed by atoms with van der Waals surface area (Å²) in [6.07, 6.45) is 4.87. The topological polar surface area (TPSA) is 123 Å². The Morgan fingerprint density at radius 2 is 1.94 bits per heavy atom. The molecule has 3 heterocycles. The van der Waals surface area contributed by atoms with Gasteiger partial charge in [0.15, 0.2) is 5.15 Å². The van der Waals surface area contributed by atoms with E-state index < -0.39 is 29.3 Å². The van der Waals surface area contributed by atoms with Crippen LogP contribution in [0.5, 0.6) is 0 Å². The third-order valence-electron chi connectivity index (χ3n) is 5.93. The highest BCUT2D eigenvalue weighted by Gasteiger charge is 2.44. The summed E-state index contributed by atoms with van der Waals surface area (Å²) >= 11 is 12.1. The van der Waals surface area contributed by atoms with Crippen LogP contribution >= 0.6 is 23.2 Å². The Balaban J connectivity index is 1.88. The SMILES string of the molecule is CCCCC(C)(N)CNC(=O)[C@@H]1CCC(c2cnc3c(Cl)nc(Cl)nc3c2)N1C(=O)OC(C)(C)C. The van der Waals surface area contributed by atoms with E-state index in [2.05, 4.69) is 27.2 Å². The van der Waals surface area contributed by atoms with Gasteiger partial charge < -0.3 is 15.8 Å². The Bertz CT molecular complexity index is 1090. The third-order valence-corrected chi connectivity index (χ3v) is 6.36. The molecule has 11 heteroatoms. The Morgan fingerprint density at radius 1 is 1.23 bits per heavy atom. The number of pyridine rings is 1. The maximum atomic E-state index is 13.3. The molecular weight excluding hydrogens is 491 g/mol. The molecule has 0 aliphatic carbocycles. The van der Waals surface area contributed by atoms with Crippen molar-refractivity contribution in [2.24, 2.45) is 5.73 Å². The normalized spacial score (nSPS) is 20.1. The number of hydrogen-bond acceptors (Lipinski definition) is 7. The molecule has 192 valence electrons. The molecule has 0 aromatic carbocycles. The lowest BCUT2D eigenvalue weighted by molar-refractivity contribution is -0.126. The molecule has 3 N–H and O–H groups in total. The van der Waals surface area contributed by atoms with Gasteiger partial charge in [-0.3, -0.25) is 14.7 Å². The lowest BCUT2D eigenvalue weighted by atomic mass is 9.96. The number of halogens is 2. The number of fused-ring (bicyclic) bond motifs is 1. The number of rotatable bonds is 7. The molecule has 2 amide bonds. The molecule has 1 aliphatic rings. The van der Waals surface area contributed by atoms with Crippen molar-refractivity contribution in [2.75, 3.05) is 6.54 Å². The molecule has 9 nitrogen and oxygen atoms in total. The lowest BCUT2D eigenvalue weighted by Gasteiger charge is -2.33. The van der Waals surface area contributed by atoms with Gasteiger partial charge in [0.1, 0.15) is 17.2 Å². The molecule has 2 unspecified atom stereocenters. The maximum absolute atomic E-state index is 13.3. The second-order valence-electron chi connectivity index (χ2n) is 10.4. The zero-order valence-electron chi connectivity index (χ0n) is 20.9. The highest BCUT2D eigenvalue weighted by Crippen LogP contribution is 2.38. The molecule has 3 atom stereocenters. The molecule has 3 rings (SSSR count). The number of unbranched alkanes of at least 4 members (excludes halogenated alkanes) is 1. The van der Waals surface area contributed by atoms with Gasteiger partial charge in [0.2, 0.25) is 11.2 Å². The zero-order valence-corrected chi connectivity index (χ0v) is 22.4. The van der Waals surface area contributed by atoms with Crippen molar-refractivity contribution in [3.05, 3.63) is 28.3 Å². The van der Waals surface area contributed by atoms with Crippen molar-refractivity contribution in [1.82, 2.24) is 25.2 Å². The molecule has 0 bridgehead atoms. The number of aromatic nitrogens is 3. The summed E-state index contributed by atoms with van der Waals surface area (Å²) in [6, 6.07) is 0.630. The van der Waals surface area contributed by atoms with Crippen LogP contribution in [0.25, 0.3) is 11.0 Å². The summed E-state index contributed by atoms with van der Waals surface area (Å²) in [4.78, 5) is 40.5. The quantitative estimate of drug-likeness (QED) is 0.393. The van der Waals surface area contributed by atoms with Crippen LogP contribution in [0, 0.1) is 0 Å². The number of amides is 2. The van der Waals surface area contributed by atoms with Crippen LogP contribution in [-0.2, 0) is 9.53 Å². The van der Waals surface area contributed by atoms with E-state index in [1.165, 1.54) is 4.90 Å². The number of nitrogens with one attached hydrogen (secondary N) is 1. The largest absolute Gasteiger partial charge is 0.444 e. The fourth-order valence-electron chi connectivity index (χ4n) is 4.19. The molecule has 2 aromatic rings. The van der Waals surface area contributed by atoms with Crippen LogP contribution in [0.4, 0.5) is 4.79 Å². The van der Waals surface area contributed by atoms with Gasteiger partial charge in [-0.1, -0.05) is 31.4 Å². The van der Waals surface area contributed by atoms with Crippen molar-refractivity contribution in [2.45, 2.75) is 89.9 Å². The molecule has 2 aromatic heterocycles. The third kappa shape index (κ3) is 6.92. The van der Waals surface area contributed by atoms with Gasteiger partial charge in [0.05, 0.1) is 11.6 Å². The molecule has 0 spiro atoms. The number of carbonyl (C=O) groups is 2. The Morgan fingerprint density at radius 3 is 2.60 bits per heavy atom. The smallest absolute Gasteiger partial charge is 0.411 e. The van der Waals surface area contributed by atoms with E-state index in [0.29, 0.717) is 36.0 Å². The van der Waals surface area contributed by atoms with Crippen LogP contribution in [0.3, 0.4) is 0 Å². The lowest BCUT2D eigenvalue weighted by Crippen LogP contribution is -2.53. The Hall–Kier alpha value is -2.23. The van der Waals surface area contributed by atoms with E-state index in [9.17, 15) is 9.59 Å². The second-order valence-corrected chi connectivity index (χ2v) is 11.1. The van der Waals surface area contributed by atoms with Gasteiger partial charge >= 0.3 is 6.09 Å². The van der Waals surface area contributed by atoms with Crippen molar-refractivity contribution in [3.63, 3.8) is 0 Å². The van der Waals surface area contributed by atoms with E-state index in [1.54, 1.807) is 33.0 Å². The number of ether oxygens (including phenoxy) is 1. The van der Waals surface area contributed by atoms with E-state index in [4.69, 9.17) is 33.7 Å². The standard InChI is InChI=1S/C24H34Cl2N6O3/c1-6-7-10-24(5,27)13-29-20(33)17-9-8-16(32(17)22(34)35-23(2,3)4)14-11-15-18(28-12-14)19(25)31-21(26)30-15/h11-12,16-17H,6-10,13,27H2,1-5H3,(H,29,33)/t16?,17-,24?/m0/s1. The number of hydrogen-bond donors (Lipinski definition) is 2. The molecule has 1 aliphatic heterocycles. The first kappa shape index (κ1) is 27.4. The molecule has 1 fully saturated rings. The molecule has 0 saturated carbocycles. The summed E-state index contributed by atoms with van der Waals surface area (Å²) in [7, 11) is 0. The highest BCUT2D eigenvalue weighted by atomic mass is 35.5. The molecule has 1 saturated heterocycles. The van der Waals surface area contributed by atoms with Crippen LogP contribution in [-0.4, -0.2) is 55.6 Å². The second kappa shape index (κ2) is 10.8. The average molecular weight is 525 g/mol. The van der Waals surface area contributed by atoms with Gasteiger partial charge in [-0.25, -0.2) is 14.8 Å². The first-order valence-corrected chi connectivity index (χ1v) is 12.6. The van der Waals surface area contributed by atoms with Crippen molar-refractivity contribution in [3.8, 4) is 0 Å². The summed E-state index contributed by atoms with van der Waals surface area (Å²) < 4.78 is 5.67. The minimum atomic E-state index is -0.725. The van der Waals surface area contributed by atoms with Crippen LogP contribution in [0.1, 0.15) is 78.3 Å². The van der Waals surface area contributed by atoms with Gasteiger partial charge in [0, 0.05) is 18.3 Å². The van der Waals surface area contributed by atoms with Crippen LogP contribution in [0.15, 0.2) is 12.3 Å². The first-order chi connectivity index (χ1) is 16.3. The number of likely N-dealkylation sites (tertiary alicyclic amines) is 1. The van der Waals surface area contributed by atoms with Gasteiger partial charge in [-0.15, -0.1) is 0 Å². The van der Waals surface area contributed by atoms with Crippen molar-refractivity contribution >= 4 is 46.2 Å². The predicted octanol–water partition coefficient (Wildman–Crippen LogP) is 4.80. The Kier molecular flexibility index (Phi) is 8.44. The summed E-state index contributed by atoms with van der Waals surface area (Å²) in [5.41, 5.74) is 6.68. The van der Waals surface area contributed by atoms with Crippen molar-refractivity contribution < 1.29 is 14.3 Å². The minimum absolute atomic E-state index is 0.00188. The highest BCUT2D eigenvalue weighted by molar-refractivity contribution is 6.35. The summed E-state index contributed by atoms with van der Waals surface area (Å²) in [5.74, 6) is -0.256. The van der Waals surface area contributed by atoms with Crippen LogP contribution in [0.2, 0.25) is 10.4 Å². The maximum Gasteiger partial charge on any atom is 0.411 e. The summed E-state index contributed by atoms with van der Waals surface area (Å²) in [6.45, 7) is 9.71. The summed E-state index contributed by atoms with van der Waals surface area (Å²) in [5, 5.41) is 3.10. The zero-order chi connectivity index (χ0) is 26.0. The van der Waals surface area contributed by atoms with Crippen molar-refractivity contribution in [1.29, 1.82) is 0 Å². The number of carbonyl (C=O) groups excluding carboxylic acids is 2. The monoisotopic (exact) mass is 524 g/mol. The van der Waals surface area contributed by atoms with Gasteiger partial charge in [-0.2, -0.15) is 0 Å². The fourth-order valence-corrected chi connectivity index (χ4v) is 4.64. The van der Waals surface area contributed by atoms with Gasteiger partial charge in [-0.05, 0) is 70.2 Å². The Labute approximate surface area is 216 Å². The fraction of sp³-hybridized carbons (Fsp3) is 0.625. The number of nitrogens with zero attached hydrogens (tertiary/aromatic N) is 4. The first-order valence-electron chi connectivity index (χ1n) is 11.9. The van der Waals surface area contributed by atoms with Crippen LogP contribution < -0.4 is 11.1 Å². The molecular formula is C24H34Cl2N6O3. The van der Waals surface area contributed by atoms with E-state index in [1.807, 2.05) is 6.92 Å². The van der Waals surface area contributed by atoms with E-state index >= 15 is 0 Å². The van der Waals surface area contributed by atoms with E-state index in [0.717, 1.165) is 19.3 Å². The number of nitrogens with two attached hydrogens (primary N) is 1. The van der Waals surface area contributed by atoms with E-state index in [-0.39, 0.29) is 16.3 Å².